The van der Waals surface area contributed by atoms with Gasteiger partial charge in [0.2, 0.25) is 0 Å². The van der Waals surface area contributed by atoms with E-state index in [2.05, 4.69) is 48.5 Å². The van der Waals surface area contributed by atoms with Gasteiger partial charge < -0.3 is 9.53 Å². The van der Waals surface area contributed by atoms with Crippen LogP contribution in [0.25, 0.3) is 0 Å². The summed E-state index contributed by atoms with van der Waals surface area (Å²) in [6.07, 6.45) is 2.98. The Kier molecular flexibility index (Phi) is 6.47. The smallest absolute Gasteiger partial charge is 0.307 e. The van der Waals surface area contributed by atoms with E-state index in [0.29, 0.717) is 23.9 Å². The molecule has 0 spiro atoms. The summed E-state index contributed by atoms with van der Waals surface area (Å²) in [5.74, 6) is -2.16. The van der Waals surface area contributed by atoms with Crippen LogP contribution in [0, 0.1) is 11.8 Å². The highest BCUT2D eigenvalue weighted by molar-refractivity contribution is 6.80. The molecule has 1 saturated carbocycles. The Bertz CT molecular complexity index is 434. The lowest BCUT2D eigenvalue weighted by Crippen LogP contribution is -2.55. The fourth-order valence-corrected chi connectivity index (χ4v) is 10.9. The van der Waals surface area contributed by atoms with Gasteiger partial charge in [-0.25, -0.2) is 0 Å². The molecule has 134 valence electrons. The molecule has 5 heteroatoms. The Balaban J connectivity index is 3.15. The second-order valence-electron chi connectivity index (χ2n) is 8.24. The maximum atomic E-state index is 12.9. The molecule has 2 unspecified atom stereocenters. The Morgan fingerprint density at radius 3 is 2.00 bits per heavy atom. The minimum absolute atomic E-state index is 0.0394. The molecule has 2 atom stereocenters. The van der Waals surface area contributed by atoms with Crippen LogP contribution in [0.3, 0.4) is 0 Å². The molecule has 1 aliphatic rings. The molecule has 0 aromatic rings. The number of carbonyl (C=O) groups excluding carboxylic acids is 1. The number of aliphatic carboxylic acids is 1. The van der Waals surface area contributed by atoms with Crippen LogP contribution < -0.4 is 0 Å². The largest absolute Gasteiger partial charge is 0.518 e. The van der Waals surface area contributed by atoms with E-state index in [1.54, 1.807) is 0 Å². The maximum absolute atomic E-state index is 12.9. The zero-order valence-electron chi connectivity index (χ0n) is 15.8. The third kappa shape index (κ3) is 3.64. The second-order valence-corrected chi connectivity index (χ2v) is 13.7. The van der Waals surface area contributed by atoms with Crippen molar-refractivity contribution in [2.45, 2.75) is 90.3 Å². The van der Waals surface area contributed by atoms with Gasteiger partial charge in [-0.1, -0.05) is 61.3 Å². The summed E-state index contributed by atoms with van der Waals surface area (Å²) in [5.41, 5.74) is 0.595. The van der Waals surface area contributed by atoms with E-state index in [0.717, 1.165) is 12.8 Å². The first kappa shape index (κ1) is 20.2. The second kappa shape index (κ2) is 7.37. The molecular formula is C18H34O4Si. The molecule has 0 radical (unpaired) electrons. The van der Waals surface area contributed by atoms with E-state index >= 15 is 0 Å². The van der Waals surface area contributed by atoms with Gasteiger partial charge in [0.05, 0.1) is 11.8 Å². The lowest BCUT2D eigenvalue weighted by molar-refractivity contribution is -0.151. The van der Waals surface area contributed by atoms with Gasteiger partial charge in [-0.2, -0.15) is 0 Å². The standard InChI is InChI=1S/C18H34O4Si/c1-8-18(6,7)23(12(2)3,13(4)5)22-17(21)15-11-9-10-14(15)16(19)20/h12-15H,8-11H2,1-7H3,(H,19,20). The highest BCUT2D eigenvalue weighted by atomic mass is 28.4. The van der Waals surface area contributed by atoms with E-state index in [1.807, 2.05) is 0 Å². The molecule has 0 heterocycles. The number of carbonyl (C=O) groups is 2. The number of carboxylic acids is 1. The highest BCUT2D eigenvalue weighted by Gasteiger charge is 2.57. The van der Waals surface area contributed by atoms with Crippen LogP contribution in [0.4, 0.5) is 0 Å². The van der Waals surface area contributed by atoms with Gasteiger partial charge in [0, 0.05) is 0 Å². The Morgan fingerprint density at radius 2 is 1.61 bits per heavy atom. The third-order valence-electron chi connectivity index (χ3n) is 6.06. The fourth-order valence-electron chi connectivity index (χ4n) is 4.66. The average molecular weight is 343 g/mol. The molecule has 0 aromatic carbocycles. The predicted molar refractivity (Wildman–Crippen MR) is 94.8 cm³/mol. The molecule has 1 fully saturated rings. The van der Waals surface area contributed by atoms with Crippen LogP contribution >= 0.6 is 0 Å². The predicted octanol–water partition coefficient (Wildman–Crippen LogP) is 4.99. The summed E-state index contributed by atoms with van der Waals surface area (Å²) < 4.78 is 6.32. The van der Waals surface area contributed by atoms with Gasteiger partial charge in [0.25, 0.3) is 14.3 Å². The molecule has 23 heavy (non-hydrogen) atoms. The monoisotopic (exact) mass is 342 g/mol. The lowest BCUT2D eigenvalue weighted by Gasteiger charge is -2.49. The van der Waals surface area contributed by atoms with Crippen LogP contribution in [0.5, 0.6) is 0 Å². The van der Waals surface area contributed by atoms with Crippen molar-refractivity contribution in [3.8, 4) is 0 Å². The van der Waals surface area contributed by atoms with Crippen LogP contribution in [0.15, 0.2) is 0 Å². The zero-order valence-corrected chi connectivity index (χ0v) is 16.8. The van der Waals surface area contributed by atoms with Crippen molar-refractivity contribution in [2.75, 3.05) is 0 Å². The first-order valence-corrected chi connectivity index (χ1v) is 11.0. The van der Waals surface area contributed by atoms with Crippen molar-refractivity contribution in [2.24, 2.45) is 11.8 Å². The molecule has 1 rings (SSSR count). The molecule has 1 N–H and O–H groups in total. The van der Waals surface area contributed by atoms with Crippen LogP contribution in [-0.2, 0) is 14.0 Å². The van der Waals surface area contributed by atoms with Gasteiger partial charge in [-0.05, 0) is 29.0 Å². The molecule has 0 amide bonds. The minimum Gasteiger partial charge on any atom is -0.518 e. The number of carboxylic acid groups (broad SMARTS) is 1. The van der Waals surface area contributed by atoms with E-state index in [1.165, 1.54) is 0 Å². The minimum atomic E-state index is -2.42. The van der Waals surface area contributed by atoms with E-state index < -0.39 is 26.1 Å². The van der Waals surface area contributed by atoms with Crippen molar-refractivity contribution in [3.63, 3.8) is 0 Å². The third-order valence-corrected chi connectivity index (χ3v) is 12.5. The summed E-state index contributed by atoms with van der Waals surface area (Å²) in [4.78, 5) is 24.3. The SMILES string of the molecule is CCC(C)(C)[Si](OC(=O)C1CCCC1C(=O)O)(C(C)C)C(C)C. The maximum Gasteiger partial charge on any atom is 0.307 e. The molecule has 1 aliphatic carbocycles. The number of hydrogen-bond donors (Lipinski definition) is 1. The molecule has 0 aromatic heterocycles. The Labute approximate surface area is 142 Å². The number of hydrogen-bond acceptors (Lipinski definition) is 3. The first-order valence-electron chi connectivity index (χ1n) is 8.96. The summed E-state index contributed by atoms with van der Waals surface area (Å²) >= 11 is 0. The van der Waals surface area contributed by atoms with Crippen molar-refractivity contribution in [1.29, 1.82) is 0 Å². The van der Waals surface area contributed by atoms with Crippen LogP contribution in [0.2, 0.25) is 16.1 Å². The van der Waals surface area contributed by atoms with Crippen molar-refractivity contribution < 1.29 is 19.1 Å². The summed E-state index contributed by atoms with van der Waals surface area (Å²) in [7, 11) is -2.42. The van der Waals surface area contributed by atoms with Crippen LogP contribution in [-0.4, -0.2) is 25.4 Å². The molecule has 0 aliphatic heterocycles. The van der Waals surface area contributed by atoms with E-state index in [9.17, 15) is 14.7 Å². The van der Waals surface area contributed by atoms with Gasteiger partial charge in [-0.15, -0.1) is 0 Å². The topological polar surface area (TPSA) is 63.6 Å². The van der Waals surface area contributed by atoms with Crippen molar-refractivity contribution >= 4 is 20.3 Å². The molecule has 0 saturated heterocycles. The Hall–Kier alpha value is -0.843. The normalized spacial score (nSPS) is 22.7. The summed E-state index contributed by atoms with van der Waals surface area (Å²) in [6.45, 7) is 15.2. The summed E-state index contributed by atoms with van der Waals surface area (Å²) in [6, 6.07) is 0. The zero-order chi connectivity index (χ0) is 18.0. The highest BCUT2D eigenvalue weighted by Crippen LogP contribution is 2.53. The molecule has 0 bridgehead atoms. The number of rotatable bonds is 7. The first-order chi connectivity index (χ1) is 10.5. The molecular weight excluding hydrogens is 308 g/mol. The van der Waals surface area contributed by atoms with Gasteiger partial charge in [-0.3, -0.25) is 9.59 Å². The average Bonchev–Trinajstić information content (AvgIpc) is 2.92. The summed E-state index contributed by atoms with van der Waals surface area (Å²) in [5, 5.41) is 9.32. The van der Waals surface area contributed by atoms with Crippen molar-refractivity contribution in [3.05, 3.63) is 0 Å². The van der Waals surface area contributed by atoms with E-state index in [-0.39, 0.29) is 11.0 Å². The van der Waals surface area contributed by atoms with Gasteiger partial charge in [0.1, 0.15) is 0 Å². The Morgan fingerprint density at radius 1 is 1.13 bits per heavy atom. The van der Waals surface area contributed by atoms with Crippen molar-refractivity contribution in [1.82, 2.24) is 0 Å². The van der Waals surface area contributed by atoms with E-state index in [4.69, 9.17) is 4.43 Å². The molecule has 4 nitrogen and oxygen atoms in total. The van der Waals surface area contributed by atoms with Crippen LogP contribution in [0.1, 0.15) is 74.1 Å². The quantitative estimate of drug-likeness (QED) is 0.662. The lowest BCUT2D eigenvalue weighted by atomic mass is 9.97. The van der Waals surface area contributed by atoms with Gasteiger partial charge in [0.15, 0.2) is 0 Å². The van der Waals surface area contributed by atoms with Gasteiger partial charge >= 0.3 is 5.97 Å². The fraction of sp³-hybridized carbons (Fsp3) is 0.889.